The summed E-state index contributed by atoms with van der Waals surface area (Å²) in [5.41, 5.74) is 1.90. The summed E-state index contributed by atoms with van der Waals surface area (Å²) in [6.45, 7) is 5.68. The monoisotopic (exact) mass is 559 g/mol. The Labute approximate surface area is 229 Å². The first-order valence-electron chi connectivity index (χ1n) is 13.1. The van der Waals surface area contributed by atoms with Gasteiger partial charge in [0.1, 0.15) is 11.7 Å². The Morgan fingerprint density at radius 2 is 1.85 bits per heavy atom. The number of hydrogen-bond donors (Lipinski definition) is 2. The van der Waals surface area contributed by atoms with E-state index in [0.717, 1.165) is 5.56 Å². The second kappa shape index (κ2) is 10.7. The molecule has 13 heteroatoms. The molecule has 1 atom stereocenters. The summed E-state index contributed by atoms with van der Waals surface area (Å²) in [6, 6.07) is 3.37. The van der Waals surface area contributed by atoms with Crippen LogP contribution >= 0.6 is 0 Å². The lowest BCUT2D eigenvalue weighted by Crippen LogP contribution is -2.48. The van der Waals surface area contributed by atoms with Crippen molar-refractivity contribution in [2.24, 2.45) is 0 Å². The fourth-order valence-corrected chi connectivity index (χ4v) is 5.02. The van der Waals surface area contributed by atoms with Crippen LogP contribution < -0.4 is 10.2 Å². The van der Waals surface area contributed by atoms with E-state index in [4.69, 9.17) is 0 Å². The third-order valence-corrected chi connectivity index (χ3v) is 7.34. The number of aromatic nitrogens is 3. The van der Waals surface area contributed by atoms with E-state index in [1.54, 1.807) is 29.4 Å². The molecule has 0 spiro atoms. The highest BCUT2D eigenvalue weighted by atomic mass is 19.3. The van der Waals surface area contributed by atoms with Gasteiger partial charge in [-0.2, -0.15) is 5.10 Å². The molecule has 2 aliphatic rings. The maximum Gasteiger partial charge on any atom is 0.261 e. The highest BCUT2D eigenvalue weighted by Gasteiger charge is 2.36. The number of hydrogen-bond acceptors (Lipinski definition) is 7. The van der Waals surface area contributed by atoms with E-state index in [9.17, 15) is 27.9 Å². The summed E-state index contributed by atoms with van der Waals surface area (Å²) in [5, 5.41) is 17.2. The molecule has 214 valence electrons. The molecule has 1 aromatic carbocycles. The van der Waals surface area contributed by atoms with E-state index in [-0.39, 0.29) is 31.1 Å². The number of aryl methyl sites for hydroxylation is 1. The minimum Gasteiger partial charge on any atom is -0.387 e. The van der Waals surface area contributed by atoms with Crippen LogP contribution in [0.25, 0.3) is 5.65 Å². The second-order valence-electron chi connectivity index (χ2n) is 10.9. The summed E-state index contributed by atoms with van der Waals surface area (Å²) in [7, 11) is 0. The first-order valence-corrected chi connectivity index (χ1v) is 13.1. The predicted octanol–water partition coefficient (Wildman–Crippen LogP) is 2.74. The van der Waals surface area contributed by atoms with E-state index in [2.05, 4.69) is 15.4 Å². The van der Waals surface area contributed by atoms with Gasteiger partial charge >= 0.3 is 0 Å². The van der Waals surface area contributed by atoms with Gasteiger partial charge in [0.15, 0.2) is 5.65 Å². The number of amides is 2. The van der Waals surface area contributed by atoms with Crippen molar-refractivity contribution in [2.75, 3.05) is 49.5 Å². The van der Waals surface area contributed by atoms with E-state index < -0.39 is 24.1 Å². The van der Waals surface area contributed by atoms with Gasteiger partial charge in [0.05, 0.1) is 36.3 Å². The molecule has 3 aromatic rings. The number of carbonyl (C=O) groups is 2. The fourth-order valence-electron chi connectivity index (χ4n) is 5.02. The van der Waals surface area contributed by atoms with Crippen LogP contribution in [-0.4, -0.2) is 98.8 Å². The average molecular weight is 560 g/mol. The molecular weight excluding hydrogens is 527 g/mol. The Bertz CT molecular complexity index is 1430. The van der Waals surface area contributed by atoms with Crippen molar-refractivity contribution in [3.63, 3.8) is 0 Å². The molecule has 0 saturated carbocycles. The van der Waals surface area contributed by atoms with Crippen molar-refractivity contribution in [3.8, 4) is 0 Å². The zero-order chi connectivity index (χ0) is 28.8. The number of anilines is 2. The first-order chi connectivity index (χ1) is 18.9. The van der Waals surface area contributed by atoms with Crippen LogP contribution in [0.15, 0.2) is 30.7 Å². The Hall–Kier alpha value is -3.71. The fraction of sp³-hybridized carbons (Fsp3) is 0.481. The molecule has 2 N–H and O–H groups in total. The summed E-state index contributed by atoms with van der Waals surface area (Å²) >= 11 is 0. The van der Waals surface area contributed by atoms with Crippen molar-refractivity contribution < 1.29 is 27.9 Å². The Balaban J connectivity index is 1.45. The number of carbonyl (C=O) groups excluding carboxylic acids is 2. The normalized spacial score (nSPS) is 17.1. The van der Waals surface area contributed by atoms with Crippen molar-refractivity contribution >= 4 is 28.8 Å². The molecule has 0 aliphatic carbocycles. The Morgan fingerprint density at radius 3 is 2.52 bits per heavy atom. The molecule has 0 bridgehead atoms. The molecular formula is C27H32F3N7O3. The first kappa shape index (κ1) is 27.8. The third kappa shape index (κ3) is 5.61. The number of rotatable bonds is 8. The average Bonchev–Trinajstić information content (AvgIpc) is 3.43. The molecule has 40 heavy (non-hydrogen) atoms. The van der Waals surface area contributed by atoms with Gasteiger partial charge in [0, 0.05) is 50.7 Å². The Kier molecular flexibility index (Phi) is 7.44. The second-order valence-corrected chi connectivity index (χ2v) is 10.9. The summed E-state index contributed by atoms with van der Waals surface area (Å²) in [6.07, 6.45) is 0.733. The smallest absolute Gasteiger partial charge is 0.261 e. The molecule has 2 aliphatic heterocycles. The molecule has 1 fully saturated rings. The van der Waals surface area contributed by atoms with Crippen molar-refractivity contribution in [1.82, 2.24) is 24.4 Å². The molecule has 10 nitrogen and oxygen atoms in total. The van der Waals surface area contributed by atoms with Crippen molar-refractivity contribution in [3.05, 3.63) is 53.0 Å². The van der Waals surface area contributed by atoms with Crippen LogP contribution in [0.4, 0.5) is 24.5 Å². The van der Waals surface area contributed by atoms with Gasteiger partial charge in [-0.05, 0) is 44.0 Å². The maximum atomic E-state index is 14.6. The van der Waals surface area contributed by atoms with Gasteiger partial charge in [0.25, 0.3) is 18.2 Å². The van der Waals surface area contributed by atoms with Crippen LogP contribution in [0.2, 0.25) is 0 Å². The van der Waals surface area contributed by atoms with Crippen LogP contribution in [0, 0.1) is 6.92 Å². The standard InChI is InChI=1S/C27H32F3N7O3/c1-16-10-31-24-19(11-32-37(24)12-16)25(38)33-20-8-17-13-36(14-22(28)27(2,3)40)26(39)18(17)9-21(20)35-6-4-34(5-7-35)15-23(29)30/h8-12,22-23,40H,4-7,13-15H2,1-3H3,(H,33,38)/t22-/m1/s1. The van der Waals surface area contributed by atoms with Gasteiger partial charge in [-0.15, -0.1) is 0 Å². The largest absolute Gasteiger partial charge is 0.387 e. The summed E-state index contributed by atoms with van der Waals surface area (Å²) in [5.74, 6) is -0.824. The highest BCUT2D eigenvalue weighted by Crippen LogP contribution is 2.36. The van der Waals surface area contributed by atoms with Crippen LogP contribution in [0.5, 0.6) is 0 Å². The number of nitrogens with zero attached hydrogens (tertiary/aromatic N) is 6. The molecule has 4 heterocycles. The minimum atomic E-state index is -2.43. The quantitative estimate of drug-likeness (QED) is 0.437. The van der Waals surface area contributed by atoms with Gasteiger partial charge < -0.3 is 20.2 Å². The number of piperazine rings is 1. The number of benzene rings is 1. The van der Waals surface area contributed by atoms with Crippen molar-refractivity contribution in [1.29, 1.82) is 0 Å². The third-order valence-electron chi connectivity index (χ3n) is 7.34. The van der Waals surface area contributed by atoms with E-state index >= 15 is 0 Å². The lowest BCUT2D eigenvalue weighted by Gasteiger charge is -2.37. The number of alkyl halides is 3. The number of halogens is 3. The van der Waals surface area contributed by atoms with E-state index in [1.165, 1.54) is 29.5 Å². The molecule has 1 saturated heterocycles. The van der Waals surface area contributed by atoms with Crippen molar-refractivity contribution in [2.45, 2.75) is 45.5 Å². The predicted molar refractivity (Wildman–Crippen MR) is 143 cm³/mol. The lowest BCUT2D eigenvalue weighted by atomic mass is 10.0. The molecule has 2 amide bonds. The SMILES string of the molecule is Cc1cnc2c(C(=O)Nc3cc4c(cc3N3CCN(CC(F)F)CC3)C(=O)N(C[C@@H](F)C(C)(C)O)C4)cnn2c1. The number of fused-ring (bicyclic) bond motifs is 2. The lowest BCUT2D eigenvalue weighted by molar-refractivity contribution is -0.0159. The van der Waals surface area contributed by atoms with Gasteiger partial charge in [-0.3, -0.25) is 14.5 Å². The highest BCUT2D eigenvalue weighted by molar-refractivity contribution is 6.10. The van der Waals surface area contributed by atoms with Crippen LogP contribution in [0.1, 0.15) is 45.7 Å². The molecule has 2 aromatic heterocycles. The van der Waals surface area contributed by atoms with Gasteiger partial charge in [0.2, 0.25) is 0 Å². The van der Waals surface area contributed by atoms with E-state index in [1.807, 2.05) is 11.8 Å². The van der Waals surface area contributed by atoms with Crippen LogP contribution in [-0.2, 0) is 6.54 Å². The van der Waals surface area contributed by atoms with Crippen LogP contribution in [0.3, 0.4) is 0 Å². The maximum absolute atomic E-state index is 14.6. The minimum absolute atomic E-state index is 0.119. The zero-order valence-electron chi connectivity index (χ0n) is 22.6. The molecule has 0 unspecified atom stereocenters. The number of nitrogens with one attached hydrogen (secondary N) is 1. The molecule has 0 radical (unpaired) electrons. The summed E-state index contributed by atoms with van der Waals surface area (Å²) < 4.78 is 42.0. The number of aliphatic hydroxyl groups is 1. The van der Waals surface area contributed by atoms with Gasteiger partial charge in [-0.25, -0.2) is 22.7 Å². The summed E-state index contributed by atoms with van der Waals surface area (Å²) in [4.78, 5) is 35.9. The molecule has 5 rings (SSSR count). The zero-order valence-corrected chi connectivity index (χ0v) is 22.6. The van der Waals surface area contributed by atoms with Gasteiger partial charge in [-0.1, -0.05) is 0 Å². The topological polar surface area (TPSA) is 106 Å². The van der Waals surface area contributed by atoms with E-state index in [0.29, 0.717) is 54.3 Å². The Morgan fingerprint density at radius 1 is 1.12 bits per heavy atom.